The molecular formula is C11H15N5. The highest BCUT2D eigenvalue weighted by Gasteiger charge is 2.31. The van der Waals surface area contributed by atoms with Gasteiger partial charge < -0.3 is 4.90 Å². The lowest BCUT2D eigenvalue weighted by Gasteiger charge is -2.37. The number of aromatic nitrogens is 4. The van der Waals surface area contributed by atoms with E-state index in [0.29, 0.717) is 5.92 Å². The summed E-state index contributed by atoms with van der Waals surface area (Å²) < 4.78 is 1.83. The fourth-order valence-corrected chi connectivity index (χ4v) is 2.28. The zero-order valence-electron chi connectivity index (χ0n) is 9.59. The van der Waals surface area contributed by atoms with Crippen LogP contribution in [-0.2, 0) is 7.05 Å². The first-order valence-electron chi connectivity index (χ1n) is 5.65. The van der Waals surface area contributed by atoms with E-state index in [2.05, 4.69) is 26.9 Å². The Labute approximate surface area is 94.1 Å². The molecule has 1 fully saturated rings. The summed E-state index contributed by atoms with van der Waals surface area (Å²) in [4.78, 5) is 11.1. The molecule has 0 bridgehead atoms. The first-order chi connectivity index (χ1) is 7.79. The lowest BCUT2D eigenvalue weighted by atomic mass is 9.96. The van der Waals surface area contributed by atoms with Gasteiger partial charge in [-0.15, -0.1) is 0 Å². The number of hydrogen-bond acceptors (Lipinski definition) is 4. The molecule has 0 aromatic carbocycles. The highest BCUT2D eigenvalue weighted by atomic mass is 15.3. The van der Waals surface area contributed by atoms with Crippen LogP contribution in [0.3, 0.4) is 0 Å². The Morgan fingerprint density at radius 2 is 2.06 bits per heavy atom. The third-order valence-electron chi connectivity index (χ3n) is 3.28. The monoisotopic (exact) mass is 217 g/mol. The van der Waals surface area contributed by atoms with E-state index in [-0.39, 0.29) is 0 Å². The van der Waals surface area contributed by atoms with Gasteiger partial charge in [0.2, 0.25) is 0 Å². The number of nitrogens with zero attached hydrogens (tertiary/aromatic N) is 5. The maximum atomic E-state index is 4.55. The Bertz CT molecular complexity index is 512. The van der Waals surface area contributed by atoms with Gasteiger partial charge in [0, 0.05) is 38.4 Å². The number of fused-ring (bicyclic) bond motifs is 1. The van der Waals surface area contributed by atoms with Crippen molar-refractivity contribution >= 4 is 11.2 Å². The van der Waals surface area contributed by atoms with Crippen LogP contribution in [0.1, 0.15) is 18.5 Å². The second-order valence-electron chi connectivity index (χ2n) is 4.29. The molecule has 2 aromatic heterocycles. The van der Waals surface area contributed by atoms with E-state index >= 15 is 0 Å². The van der Waals surface area contributed by atoms with Crippen molar-refractivity contribution in [2.75, 3.05) is 19.6 Å². The van der Waals surface area contributed by atoms with Gasteiger partial charge >= 0.3 is 0 Å². The minimum atomic E-state index is 0.528. The summed E-state index contributed by atoms with van der Waals surface area (Å²) in [6, 6.07) is 0. The zero-order chi connectivity index (χ0) is 11.1. The van der Waals surface area contributed by atoms with Crippen LogP contribution in [0, 0.1) is 0 Å². The summed E-state index contributed by atoms with van der Waals surface area (Å²) >= 11 is 0. The molecule has 3 rings (SSSR count). The summed E-state index contributed by atoms with van der Waals surface area (Å²) in [5.41, 5.74) is 2.95. The maximum absolute atomic E-state index is 4.55. The third-order valence-corrected chi connectivity index (χ3v) is 3.28. The van der Waals surface area contributed by atoms with Crippen LogP contribution in [0.5, 0.6) is 0 Å². The van der Waals surface area contributed by atoms with Gasteiger partial charge in [-0.2, -0.15) is 5.10 Å². The Kier molecular flexibility index (Phi) is 2.14. The van der Waals surface area contributed by atoms with E-state index < -0.39 is 0 Å². The topological polar surface area (TPSA) is 46.8 Å². The second-order valence-corrected chi connectivity index (χ2v) is 4.29. The fraction of sp³-hybridized carbons (Fsp3) is 0.545. The normalized spacial score (nSPS) is 17.9. The molecule has 0 aliphatic carbocycles. The Balaban J connectivity index is 1.99. The molecule has 0 amide bonds. The average Bonchev–Trinajstić information content (AvgIpc) is 2.56. The van der Waals surface area contributed by atoms with Gasteiger partial charge in [-0.3, -0.25) is 0 Å². The van der Waals surface area contributed by atoms with Gasteiger partial charge in [0.1, 0.15) is 5.52 Å². The van der Waals surface area contributed by atoms with Gasteiger partial charge in [-0.1, -0.05) is 6.92 Å². The van der Waals surface area contributed by atoms with E-state index in [1.54, 1.807) is 12.4 Å². The lowest BCUT2D eigenvalue weighted by molar-refractivity contribution is 0.155. The van der Waals surface area contributed by atoms with Crippen molar-refractivity contribution < 1.29 is 0 Å². The molecule has 3 heterocycles. The molecule has 16 heavy (non-hydrogen) atoms. The van der Waals surface area contributed by atoms with E-state index in [0.717, 1.165) is 36.5 Å². The summed E-state index contributed by atoms with van der Waals surface area (Å²) in [5.74, 6) is 0.528. The summed E-state index contributed by atoms with van der Waals surface area (Å²) in [6.07, 6.45) is 3.46. The van der Waals surface area contributed by atoms with Crippen LogP contribution < -0.4 is 0 Å². The average molecular weight is 217 g/mol. The molecule has 5 nitrogen and oxygen atoms in total. The molecular weight excluding hydrogens is 202 g/mol. The van der Waals surface area contributed by atoms with Crippen molar-refractivity contribution in [1.82, 2.24) is 24.6 Å². The van der Waals surface area contributed by atoms with Gasteiger partial charge in [-0.25, -0.2) is 14.6 Å². The van der Waals surface area contributed by atoms with Crippen molar-refractivity contribution in [2.45, 2.75) is 12.8 Å². The summed E-state index contributed by atoms with van der Waals surface area (Å²) in [6.45, 7) is 5.50. The first kappa shape index (κ1) is 9.72. The van der Waals surface area contributed by atoms with E-state index in [4.69, 9.17) is 0 Å². The molecule has 0 radical (unpaired) electrons. The van der Waals surface area contributed by atoms with Crippen molar-refractivity contribution in [3.63, 3.8) is 0 Å². The fourth-order valence-electron chi connectivity index (χ4n) is 2.28. The summed E-state index contributed by atoms with van der Waals surface area (Å²) in [7, 11) is 1.93. The van der Waals surface area contributed by atoms with Crippen molar-refractivity contribution in [3.05, 3.63) is 18.1 Å². The van der Waals surface area contributed by atoms with Gasteiger partial charge in [-0.05, 0) is 6.54 Å². The highest BCUT2D eigenvalue weighted by molar-refractivity contribution is 5.73. The molecule has 1 saturated heterocycles. The minimum Gasteiger partial charge on any atom is -0.302 e. The number of rotatable bonds is 2. The summed E-state index contributed by atoms with van der Waals surface area (Å²) in [5, 5.41) is 4.55. The van der Waals surface area contributed by atoms with Crippen LogP contribution in [0.2, 0.25) is 0 Å². The molecule has 0 spiro atoms. The predicted molar refractivity (Wildman–Crippen MR) is 61.2 cm³/mol. The number of aryl methyl sites for hydroxylation is 1. The van der Waals surface area contributed by atoms with E-state index in [1.807, 2.05) is 11.7 Å². The van der Waals surface area contributed by atoms with Crippen LogP contribution in [-0.4, -0.2) is 44.3 Å². The number of likely N-dealkylation sites (N-methyl/N-ethyl adjacent to an activating group) is 1. The molecule has 0 unspecified atom stereocenters. The molecule has 84 valence electrons. The lowest BCUT2D eigenvalue weighted by Crippen LogP contribution is -2.44. The van der Waals surface area contributed by atoms with Crippen molar-refractivity contribution in [2.24, 2.45) is 7.05 Å². The Morgan fingerprint density at radius 3 is 2.81 bits per heavy atom. The number of hydrogen-bond donors (Lipinski definition) is 0. The zero-order valence-corrected chi connectivity index (χ0v) is 9.59. The van der Waals surface area contributed by atoms with E-state index in [9.17, 15) is 0 Å². The predicted octanol–water partition coefficient (Wildman–Crippen LogP) is 0.782. The molecule has 1 aliphatic heterocycles. The second kappa shape index (κ2) is 3.52. The molecule has 2 aromatic rings. The van der Waals surface area contributed by atoms with Crippen LogP contribution in [0.15, 0.2) is 12.4 Å². The van der Waals surface area contributed by atoms with Gasteiger partial charge in [0.25, 0.3) is 0 Å². The van der Waals surface area contributed by atoms with Crippen LogP contribution >= 0.6 is 0 Å². The van der Waals surface area contributed by atoms with Crippen LogP contribution in [0.4, 0.5) is 0 Å². The van der Waals surface area contributed by atoms with E-state index in [1.165, 1.54) is 0 Å². The first-order valence-corrected chi connectivity index (χ1v) is 5.65. The molecule has 1 aliphatic rings. The van der Waals surface area contributed by atoms with Gasteiger partial charge in [0.15, 0.2) is 5.65 Å². The molecule has 0 saturated carbocycles. The van der Waals surface area contributed by atoms with Crippen molar-refractivity contribution in [1.29, 1.82) is 0 Å². The standard InChI is InChI=1S/C11H15N5/c1-3-16-6-8(7-16)9-10-11(15(2)14-9)13-5-4-12-10/h4-5,8H,3,6-7H2,1-2H3. The Hall–Kier alpha value is -1.49. The largest absolute Gasteiger partial charge is 0.302 e. The minimum absolute atomic E-state index is 0.528. The number of likely N-dealkylation sites (tertiary alicyclic amines) is 1. The highest BCUT2D eigenvalue weighted by Crippen LogP contribution is 2.29. The Morgan fingerprint density at radius 1 is 1.31 bits per heavy atom. The third kappa shape index (κ3) is 1.31. The maximum Gasteiger partial charge on any atom is 0.176 e. The van der Waals surface area contributed by atoms with Gasteiger partial charge in [0.05, 0.1) is 5.69 Å². The quantitative estimate of drug-likeness (QED) is 0.746. The molecule has 5 heteroatoms. The SMILES string of the molecule is CCN1CC(c2nn(C)c3nccnc23)C1. The van der Waals surface area contributed by atoms with Crippen LogP contribution in [0.25, 0.3) is 11.2 Å². The van der Waals surface area contributed by atoms with Crippen molar-refractivity contribution in [3.8, 4) is 0 Å². The smallest absolute Gasteiger partial charge is 0.176 e. The molecule has 0 atom stereocenters. The molecule has 0 N–H and O–H groups in total.